The summed E-state index contributed by atoms with van der Waals surface area (Å²) in [4.78, 5) is 47.3. The van der Waals surface area contributed by atoms with Gasteiger partial charge < -0.3 is 20.3 Å². The van der Waals surface area contributed by atoms with Gasteiger partial charge in [-0.25, -0.2) is 4.98 Å². The normalized spacial score (nSPS) is 17.6. The number of nitrogens with zero attached hydrogens (tertiary/aromatic N) is 3. The summed E-state index contributed by atoms with van der Waals surface area (Å²) >= 11 is 1.37. The Hall–Kier alpha value is -3.40. The predicted octanol–water partition coefficient (Wildman–Crippen LogP) is 2.44. The molecule has 2 aromatic rings. The molecule has 3 heterocycles. The molecule has 9 nitrogen and oxygen atoms in total. The van der Waals surface area contributed by atoms with Crippen molar-refractivity contribution in [3.8, 4) is 5.88 Å². The number of aromatic nitrogens is 1. The highest BCUT2D eigenvalue weighted by atomic mass is 32.2. The van der Waals surface area contributed by atoms with Gasteiger partial charge in [-0.1, -0.05) is 17.8 Å². The van der Waals surface area contributed by atoms with Gasteiger partial charge in [0.1, 0.15) is 5.25 Å². The molecule has 1 saturated heterocycles. The number of pyridine rings is 1. The zero-order valence-corrected chi connectivity index (χ0v) is 19.1. The number of benzene rings is 1. The second kappa shape index (κ2) is 10.5. The monoisotopic (exact) mass is 467 g/mol. The third kappa shape index (κ3) is 5.89. The van der Waals surface area contributed by atoms with Crippen molar-refractivity contribution in [3.63, 3.8) is 0 Å². The van der Waals surface area contributed by atoms with E-state index in [1.54, 1.807) is 43.6 Å². The van der Waals surface area contributed by atoms with Crippen LogP contribution in [0.15, 0.2) is 47.6 Å². The number of carbonyl (C=O) groups excluding carboxylic acids is 3. The summed E-state index contributed by atoms with van der Waals surface area (Å²) in [5.74, 6) is -0.236. The van der Waals surface area contributed by atoms with E-state index >= 15 is 0 Å². The average molecular weight is 468 g/mol. The Morgan fingerprint density at radius 2 is 1.91 bits per heavy atom. The number of anilines is 1. The van der Waals surface area contributed by atoms with Crippen molar-refractivity contribution in [2.24, 2.45) is 4.99 Å². The Morgan fingerprint density at radius 1 is 1.15 bits per heavy atom. The summed E-state index contributed by atoms with van der Waals surface area (Å²) in [7, 11) is 1.54. The number of methoxy groups -OCH3 is 1. The van der Waals surface area contributed by atoms with Crippen LogP contribution >= 0.6 is 11.8 Å². The minimum atomic E-state index is -0.488. The highest BCUT2D eigenvalue weighted by Crippen LogP contribution is 2.29. The molecule has 1 atom stereocenters. The standard InChI is InChI=1S/C23H25N5O4S/c1-32-20-9-4-15(13-24-20)14-25-21(30)16-5-7-17(8-6-16)26-19(29)12-18-22(31)27-23(33-18)28-10-2-3-11-28/h4-9,13,18H,2-3,10-12,14H2,1H3,(H,25,30)(H,26,29). The van der Waals surface area contributed by atoms with Crippen LogP contribution in [-0.2, 0) is 16.1 Å². The predicted molar refractivity (Wildman–Crippen MR) is 126 cm³/mol. The second-order valence-corrected chi connectivity index (χ2v) is 8.92. The minimum absolute atomic E-state index is 0.0580. The van der Waals surface area contributed by atoms with Crippen molar-refractivity contribution in [1.29, 1.82) is 0 Å². The maximum Gasteiger partial charge on any atom is 0.262 e. The van der Waals surface area contributed by atoms with Gasteiger partial charge in [0.2, 0.25) is 11.8 Å². The van der Waals surface area contributed by atoms with Crippen LogP contribution in [0.4, 0.5) is 5.69 Å². The number of ether oxygens (including phenoxy) is 1. The first-order valence-corrected chi connectivity index (χ1v) is 11.6. The Labute approximate surface area is 196 Å². The minimum Gasteiger partial charge on any atom is -0.481 e. The lowest BCUT2D eigenvalue weighted by Crippen LogP contribution is -2.25. The van der Waals surface area contributed by atoms with Crippen molar-refractivity contribution < 1.29 is 19.1 Å². The number of aliphatic imine (C=N–C) groups is 1. The van der Waals surface area contributed by atoms with Gasteiger partial charge in [0.05, 0.1) is 7.11 Å². The molecular weight excluding hydrogens is 442 g/mol. The summed E-state index contributed by atoms with van der Waals surface area (Å²) in [5.41, 5.74) is 1.89. The number of amidine groups is 1. The smallest absolute Gasteiger partial charge is 0.262 e. The van der Waals surface area contributed by atoms with Gasteiger partial charge in [0, 0.05) is 49.6 Å². The Bertz CT molecular complexity index is 1050. The highest BCUT2D eigenvalue weighted by Gasteiger charge is 2.33. The van der Waals surface area contributed by atoms with E-state index in [2.05, 4.69) is 25.5 Å². The molecule has 4 rings (SSSR count). The SMILES string of the molecule is COc1ccc(CNC(=O)c2ccc(NC(=O)CC3SC(N4CCCC4)=NC3=O)cc2)cn1. The lowest BCUT2D eigenvalue weighted by Gasteiger charge is -2.16. The molecule has 2 aliphatic rings. The molecule has 172 valence electrons. The fraction of sp³-hybridized carbons (Fsp3) is 0.348. The summed E-state index contributed by atoms with van der Waals surface area (Å²) < 4.78 is 5.02. The van der Waals surface area contributed by atoms with Gasteiger partial charge in [0.15, 0.2) is 5.17 Å². The van der Waals surface area contributed by atoms with E-state index in [0.717, 1.165) is 36.7 Å². The fourth-order valence-corrected chi connectivity index (χ4v) is 4.68. The zero-order chi connectivity index (χ0) is 23.2. The molecule has 0 saturated carbocycles. The molecule has 1 aromatic carbocycles. The zero-order valence-electron chi connectivity index (χ0n) is 18.2. The van der Waals surface area contributed by atoms with Crippen LogP contribution in [0, 0.1) is 0 Å². The van der Waals surface area contributed by atoms with Crippen LogP contribution in [-0.4, -0.2) is 58.2 Å². The molecule has 10 heteroatoms. The van der Waals surface area contributed by atoms with Crippen LogP contribution in [0.3, 0.4) is 0 Å². The third-order valence-electron chi connectivity index (χ3n) is 5.37. The summed E-state index contributed by atoms with van der Waals surface area (Å²) in [6.07, 6.45) is 3.91. The molecule has 2 aliphatic heterocycles. The van der Waals surface area contributed by atoms with Crippen LogP contribution in [0.2, 0.25) is 0 Å². The number of likely N-dealkylation sites (tertiary alicyclic amines) is 1. The first-order valence-electron chi connectivity index (χ1n) is 10.7. The summed E-state index contributed by atoms with van der Waals surface area (Å²) in [5, 5.41) is 5.86. The molecule has 1 fully saturated rings. The number of rotatable bonds is 7. The number of hydrogen-bond donors (Lipinski definition) is 2. The van der Waals surface area contributed by atoms with Gasteiger partial charge in [-0.2, -0.15) is 4.99 Å². The van der Waals surface area contributed by atoms with Crippen molar-refractivity contribution in [1.82, 2.24) is 15.2 Å². The van der Waals surface area contributed by atoms with Crippen molar-refractivity contribution in [3.05, 3.63) is 53.7 Å². The van der Waals surface area contributed by atoms with Crippen molar-refractivity contribution in [2.45, 2.75) is 31.1 Å². The largest absolute Gasteiger partial charge is 0.481 e. The lowest BCUT2D eigenvalue weighted by molar-refractivity contribution is -0.121. The van der Waals surface area contributed by atoms with Crippen LogP contribution < -0.4 is 15.4 Å². The van der Waals surface area contributed by atoms with Gasteiger partial charge >= 0.3 is 0 Å². The van der Waals surface area contributed by atoms with E-state index in [1.165, 1.54) is 11.8 Å². The van der Waals surface area contributed by atoms with E-state index < -0.39 is 5.25 Å². The molecule has 2 N–H and O–H groups in total. The first kappa shape index (κ1) is 22.8. The Balaban J connectivity index is 1.24. The van der Waals surface area contributed by atoms with Crippen LogP contribution in [0.25, 0.3) is 0 Å². The van der Waals surface area contributed by atoms with Crippen molar-refractivity contribution in [2.75, 3.05) is 25.5 Å². The maximum absolute atomic E-state index is 12.4. The van der Waals surface area contributed by atoms with Gasteiger partial charge in [0.25, 0.3) is 11.8 Å². The topological polar surface area (TPSA) is 113 Å². The van der Waals surface area contributed by atoms with Gasteiger partial charge in [-0.3, -0.25) is 14.4 Å². The van der Waals surface area contributed by atoms with Crippen LogP contribution in [0.1, 0.15) is 35.2 Å². The molecule has 0 radical (unpaired) electrons. The van der Waals surface area contributed by atoms with E-state index in [0.29, 0.717) is 23.7 Å². The third-order valence-corrected chi connectivity index (χ3v) is 6.58. The quantitative estimate of drug-likeness (QED) is 0.643. The number of hydrogen-bond acceptors (Lipinski definition) is 7. The lowest BCUT2D eigenvalue weighted by atomic mass is 10.2. The fourth-order valence-electron chi connectivity index (χ4n) is 3.56. The van der Waals surface area contributed by atoms with Gasteiger partial charge in [-0.05, 0) is 42.7 Å². The molecule has 1 unspecified atom stereocenters. The molecule has 0 aliphatic carbocycles. The molecule has 0 spiro atoms. The number of nitrogens with one attached hydrogen (secondary N) is 2. The van der Waals surface area contributed by atoms with E-state index in [4.69, 9.17) is 4.74 Å². The molecule has 1 aromatic heterocycles. The molecular formula is C23H25N5O4S. The first-order chi connectivity index (χ1) is 16.0. The van der Waals surface area contributed by atoms with Gasteiger partial charge in [-0.15, -0.1) is 0 Å². The van der Waals surface area contributed by atoms with E-state index in [1.807, 2.05) is 6.07 Å². The number of thioether (sulfide) groups is 1. The van der Waals surface area contributed by atoms with Crippen molar-refractivity contribution >= 4 is 40.3 Å². The van der Waals surface area contributed by atoms with Crippen LogP contribution in [0.5, 0.6) is 5.88 Å². The summed E-state index contributed by atoms with van der Waals surface area (Å²) in [6.45, 7) is 2.16. The Morgan fingerprint density at radius 3 is 2.58 bits per heavy atom. The molecule has 33 heavy (non-hydrogen) atoms. The highest BCUT2D eigenvalue weighted by molar-refractivity contribution is 8.15. The maximum atomic E-state index is 12.4. The molecule has 3 amide bonds. The van der Waals surface area contributed by atoms with E-state index in [9.17, 15) is 14.4 Å². The van der Waals surface area contributed by atoms with E-state index in [-0.39, 0.29) is 24.1 Å². The molecule has 0 bridgehead atoms. The Kier molecular flexibility index (Phi) is 7.23. The second-order valence-electron chi connectivity index (χ2n) is 7.75. The summed E-state index contributed by atoms with van der Waals surface area (Å²) in [6, 6.07) is 10.2. The number of amides is 3. The number of carbonyl (C=O) groups is 3. The average Bonchev–Trinajstić information content (AvgIpc) is 3.48.